The van der Waals surface area contributed by atoms with Gasteiger partial charge in [0.1, 0.15) is 0 Å². The second kappa shape index (κ2) is 7.88. The highest BCUT2D eigenvalue weighted by Crippen LogP contribution is 2.35. The molecule has 1 aromatic carbocycles. The van der Waals surface area contributed by atoms with E-state index in [2.05, 4.69) is 0 Å². The Balaban J connectivity index is 1.49. The van der Waals surface area contributed by atoms with E-state index in [9.17, 15) is 18.0 Å². The van der Waals surface area contributed by atoms with Crippen molar-refractivity contribution in [2.24, 2.45) is 0 Å². The van der Waals surface area contributed by atoms with Crippen molar-refractivity contribution in [3.8, 4) is 0 Å². The molecule has 0 spiro atoms. The van der Waals surface area contributed by atoms with Crippen molar-refractivity contribution in [2.45, 2.75) is 37.6 Å². The first-order chi connectivity index (χ1) is 14.3. The summed E-state index contributed by atoms with van der Waals surface area (Å²) in [5.41, 5.74) is 1.67. The number of fused-ring (bicyclic) bond motifs is 1. The number of nitrogens with zero attached hydrogens (tertiary/aromatic N) is 3. The predicted molar refractivity (Wildman–Crippen MR) is 111 cm³/mol. The molecule has 30 heavy (non-hydrogen) atoms. The maximum Gasteiger partial charge on any atom is 0.289 e. The lowest BCUT2D eigenvalue weighted by Gasteiger charge is -2.33. The number of sulfonamides is 1. The van der Waals surface area contributed by atoms with Crippen LogP contribution in [-0.2, 0) is 21.2 Å². The Kier molecular flexibility index (Phi) is 5.42. The van der Waals surface area contributed by atoms with E-state index < -0.39 is 10.0 Å². The van der Waals surface area contributed by atoms with E-state index in [0.717, 1.165) is 11.3 Å². The van der Waals surface area contributed by atoms with E-state index in [4.69, 9.17) is 4.42 Å². The maximum atomic E-state index is 13.2. The van der Waals surface area contributed by atoms with Crippen LogP contribution >= 0.6 is 0 Å². The normalized spacial score (nSPS) is 19.7. The molecule has 2 aliphatic heterocycles. The standard InChI is InChI=1S/C21H25N3O5S/c1-3-20(25)24-15(2)13-16-14-17(6-7-18(16)24)30(27,28)23-10-8-22(9-11-23)21(26)19-5-4-12-29-19/h4-7,12,14-15H,3,8-11,13H2,1-2H3. The minimum atomic E-state index is -3.68. The first-order valence-corrected chi connectivity index (χ1v) is 11.5. The molecule has 1 saturated heterocycles. The highest BCUT2D eigenvalue weighted by atomic mass is 32.2. The van der Waals surface area contributed by atoms with Gasteiger partial charge < -0.3 is 14.2 Å². The minimum absolute atomic E-state index is 0.0153. The van der Waals surface area contributed by atoms with Gasteiger partial charge in [-0.15, -0.1) is 0 Å². The zero-order chi connectivity index (χ0) is 21.5. The second-order valence-corrected chi connectivity index (χ2v) is 9.57. The Labute approximate surface area is 176 Å². The Morgan fingerprint density at radius 1 is 1.13 bits per heavy atom. The maximum absolute atomic E-state index is 13.2. The molecule has 2 aromatic rings. The van der Waals surface area contributed by atoms with Crippen molar-refractivity contribution in [1.29, 1.82) is 0 Å². The van der Waals surface area contributed by atoms with Crippen molar-refractivity contribution in [2.75, 3.05) is 31.1 Å². The highest BCUT2D eigenvalue weighted by molar-refractivity contribution is 7.89. The smallest absolute Gasteiger partial charge is 0.289 e. The summed E-state index contributed by atoms with van der Waals surface area (Å²) in [6.07, 6.45) is 2.48. The Morgan fingerprint density at radius 2 is 1.87 bits per heavy atom. The quantitative estimate of drug-likeness (QED) is 0.740. The summed E-state index contributed by atoms with van der Waals surface area (Å²) >= 11 is 0. The molecule has 0 saturated carbocycles. The first kappa shape index (κ1) is 20.6. The van der Waals surface area contributed by atoms with Gasteiger partial charge in [-0.1, -0.05) is 6.92 Å². The highest BCUT2D eigenvalue weighted by Gasteiger charge is 2.34. The summed E-state index contributed by atoms with van der Waals surface area (Å²) < 4.78 is 32.9. The molecule has 1 fully saturated rings. The van der Waals surface area contributed by atoms with Crippen LogP contribution in [0.15, 0.2) is 45.9 Å². The van der Waals surface area contributed by atoms with Crippen LogP contribution in [0.25, 0.3) is 0 Å². The molecule has 2 amide bonds. The van der Waals surface area contributed by atoms with E-state index in [1.165, 1.54) is 10.6 Å². The van der Waals surface area contributed by atoms with Gasteiger partial charge in [-0.3, -0.25) is 9.59 Å². The van der Waals surface area contributed by atoms with E-state index in [1.807, 2.05) is 13.8 Å². The Hall–Kier alpha value is -2.65. The zero-order valence-corrected chi connectivity index (χ0v) is 17.9. The number of amides is 2. The molecule has 0 aliphatic carbocycles. The Morgan fingerprint density at radius 3 is 2.50 bits per heavy atom. The van der Waals surface area contributed by atoms with E-state index >= 15 is 0 Å². The molecule has 1 unspecified atom stereocenters. The van der Waals surface area contributed by atoms with Crippen molar-refractivity contribution >= 4 is 27.5 Å². The number of carbonyl (C=O) groups is 2. The largest absolute Gasteiger partial charge is 0.459 e. The number of hydrogen-bond acceptors (Lipinski definition) is 5. The van der Waals surface area contributed by atoms with Crippen LogP contribution in [0.2, 0.25) is 0 Å². The van der Waals surface area contributed by atoms with Crippen LogP contribution < -0.4 is 4.90 Å². The summed E-state index contributed by atoms with van der Waals surface area (Å²) in [7, 11) is -3.68. The Bertz CT molecular complexity index is 1060. The lowest BCUT2D eigenvalue weighted by Crippen LogP contribution is -2.50. The number of furan rings is 1. The van der Waals surface area contributed by atoms with Gasteiger partial charge in [-0.25, -0.2) is 8.42 Å². The van der Waals surface area contributed by atoms with Gasteiger partial charge in [-0.2, -0.15) is 4.31 Å². The third kappa shape index (κ3) is 3.52. The molecule has 8 nitrogen and oxygen atoms in total. The second-order valence-electron chi connectivity index (χ2n) is 7.63. The van der Waals surface area contributed by atoms with E-state index in [-0.39, 0.29) is 41.6 Å². The lowest BCUT2D eigenvalue weighted by atomic mass is 10.1. The van der Waals surface area contributed by atoms with Crippen LogP contribution in [0.4, 0.5) is 5.69 Å². The minimum Gasteiger partial charge on any atom is -0.459 e. The predicted octanol–water partition coefficient (Wildman–Crippen LogP) is 2.11. The number of rotatable bonds is 4. The average Bonchev–Trinajstić information content (AvgIpc) is 3.39. The topological polar surface area (TPSA) is 91.1 Å². The van der Waals surface area contributed by atoms with Crippen LogP contribution in [0.5, 0.6) is 0 Å². The summed E-state index contributed by atoms with van der Waals surface area (Å²) in [5.74, 6) is 0.0590. The molecule has 0 N–H and O–H groups in total. The van der Waals surface area contributed by atoms with Gasteiger partial charge in [0, 0.05) is 44.3 Å². The van der Waals surface area contributed by atoms with Gasteiger partial charge in [0.2, 0.25) is 15.9 Å². The molecule has 3 heterocycles. The molecule has 1 atom stereocenters. The SMILES string of the molecule is CCC(=O)N1c2ccc(S(=O)(=O)N3CCN(C(=O)c4ccco4)CC3)cc2CC1C. The van der Waals surface area contributed by atoms with Gasteiger partial charge in [0.15, 0.2) is 5.76 Å². The molecule has 9 heteroatoms. The summed E-state index contributed by atoms with van der Waals surface area (Å²) in [6.45, 7) is 4.85. The number of hydrogen-bond donors (Lipinski definition) is 0. The fourth-order valence-electron chi connectivity index (χ4n) is 4.16. The van der Waals surface area contributed by atoms with Crippen molar-refractivity contribution in [1.82, 2.24) is 9.21 Å². The molecule has 0 bridgehead atoms. The first-order valence-electron chi connectivity index (χ1n) is 10.1. The monoisotopic (exact) mass is 431 g/mol. The summed E-state index contributed by atoms with van der Waals surface area (Å²) in [6, 6.07) is 8.26. The van der Waals surface area contributed by atoms with Crippen molar-refractivity contribution < 1.29 is 22.4 Å². The number of carbonyl (C=O) groups excluding carboxylic acids is 2. The molecule has 160 valence electrons. The number of piperazine rings is 1. The van der Waals surface area contributed by atoms with Gasteiger partial charge in [0.25, 0.3) is 5.91 Å². The molecule has 2 aliphatic rings. The average molecular weight is 432 g/mol. The summed E-state index contributed by atoms with van der Waals surface area (Å²) in [5, 5.41) is 0. The van der Waals surface area contributed by atoms with Crippen molar-refractivity contribution in [3.05, 3.63) is 47.9 Å². The van der Waals surface area contributed by atoms with Crippen LogP contribution in [0, 0.1) is 0 Å². The fraction of sp³-hybridized carbons (Fsp3) is 0.429. The molecular formula is C21H25N3O5S. The zero-order valence-electron chi connectivity index (χ0n) is 17.1. The van der Waals surface area contributed by atoms with E-state index in [0.29, 0.717) is 25.9 Å². The van der Waals surface area contributed by atoms with E-state index in [1.54, 1.807) is 40.1 Å². The van der Waals surface area contributed by atoms with Crippen LogP contribution in [-0.4, -0.2) is 61.7 Å². The molecular weight excluding hydrogens is 406 g/mol. The van der Waals surface area contributed by atoms with Gasteiger partial charge >= 0.3 is 0 Å². The fourth-order valence-corrected chi connectivity index (χ4v) is 5.63. The van der Waals surface area contributed by atoms with Gasteiger partial charge in [0.05, 0.1) is 11.2 Å². The third-order valence-corrected chi connectivity index (χ3v) is 7.63. The molecule has 1 aromatic heterocycles. The number of anilines is 1. The number of benzene rings is 1. The molecule has 4 rings (SSSR count). The third-order valence-electron chi connectivity index (χ3n) is 5.73. The molecule has 0 radical (unpaired) electrons. The lowest BCUT2D eigenvalue weighted by molar-refractivity contribution is -0.118. The summed E-state index contributed by atoms with van der Waals surface area (Å²) in [4.78, 5) is 28.2. The van der Waals surface area contributed by atoms with Crippen LogP contribution in [0.1, 0.15) is 36.4 Å². The van der Waals surface area contributed by atoms with Crippen molar-refractivity contribution in [3.63, 3.8) is 0 Å². The van der Waals surface area contributed by atoms with Gasteiger partial charge in [-0.05, 0) is 49.2 Å². The van der Waals surface area contributed by atoms with Crippen LogP contribution in [0.3, 0.4) is 0 Å².